The normalized spacial score (nSPS) is 15.7. The van der Waals surface area contributed by atoms with E-state index in [-0.39, 0.29) is 12.4 Å². The maximum absolute atomic E-state index is 11.9. The fourth-order valence-electron chi connectivity index (χ4n) is 2.13. The van der Waals surface area contributed by atoms with E-state index in [4.69, 9.17) is 11.5 Å². The lowest BCUT2D eigenvalue weighted by atomic mass is 10.2. The zero-order chi connectivity index (χ0) is 14.5. The highest BCUT2D eigenvalue weighted by Gasteiger charge is 2.20. The van der Waals surface area contributed by atoms with E-state index in [2.05, 4.69) is 15.2 Å². The van der Waals surface area contributed by atoms with Gasteiger partial charge in [0.05, 0.1) is 6.54 Å². The number of nitrogens with two attached hydrogens (primary N) is 2. The van der Waals surface area contributed by atoms with E-state index < -0.39 is 11.8 Å². The number of hydrogen-bond donors (Lipinski definition) is 3. The smallest absolute Gasteiger partial charge is 0.265 e. The molecule has 0 aromatic carbocycles. The van der Waals surface area contributed by atoms with Gasteiger partial charge < -0.3 is 21.7 Å². The lowest BCUT2D eigenvalue weighted by Gasteiger charge is -2.18. The van der Waals surface area contributed by atoms with Crippen molar-refractivity contribution in [3.05, 3.63) is 4.88 Å². The Balaban J connectivity index is 2.07. The molecule has 0 aliphatic carbocycles. The van der Waals surface area contributed by atoms with E-state index >= 15 is 0 Å². The molecule has 0 atom stereocenters. The number of thiazole rings is 1. The molecule has 7 nitrogen and oxygen atoms in total. The van der Waals surface area contributed by atoms with Crippen LogP contribution >= 0.6 is 11.3 Å². The van der Waals surface area contributed by atoms with Crippen molar-refractivity contribution in [3.63, 3.8) is 0 Å². The zero-order valence-electron chi connectivity index (χ0n) is 11.2. The first-order valence-electron chi connectivity index (χ1n) is 6.65. The fourth-order valence-corrected chi connectivity index (χ4v) is 3.08. The summed E-state index contributed by atoms with van der Waals surface area (Å²) in [5, 5.41) is 3.20. The molecule has 20 heavy (non-hydrogen) atoms. The minimum absolute atomic E-state index is 0.199. The maximum Gasteiger partial charge on any atom is 0.265 e. The molecule has 1 aromatic heterocycles. The number of amides is 2. The Kier molecular flexibility index (Phi) is 4.78. The SMILES string of the molecule is NC(=O)CNC(=O)c1sc(N2CCCCCC2)nc1N. The molecule has 110 valence electrons. The highest BCUT2D eigenvalue weighted by Crippen LogP contribution is 2.29. The van der Waals surface area contributed by atoms with E-state index in [1.165, 1.54) is 24.2 Å². The second-order valence-electron chi connectivity index (χ2n) is 4.76. The molecule has 2 heterocycles. The standard InChI is InChI=1S/C12H19N5O2S/c13-8(18)7-15-11(19)9-10(14)16-12(20-9)17-5-3-1-2-4-6-17/h1-7,14H2,(H2,13,18)(H,15,19). The van der Waals surface area contributed by atoms with Crippen molar-refractivity contribution < 1.29 is 9.59 Å². The first kappa shape index (κ1) is 14.6. The topological polar surface area (TPSA) is 114 Å². The van der Waals surface area contributed by atoms with Crippen LogP contribution in [0, 0.1) is 0 Å². The van der Waals surface area contributed by atoms with Gasteiger partial charge in [0.2, 0.25) is 5.91 Å². The van der Waals surface area contributed by atoms with Crippen LogP contribution in [0.4, 0.5) is 10.9 Å². The Morgan fingerprint density at radius 2 is 1.90 bits per heavy atom. The molecule has 1 aliphatic heterocycles. The molecule has 1 aliphatic rings. The highest BCUT2D eigenvalue weighted by molar-refractivity contribution is 7.18. The van der Waals surface area contributed by atoms with Gasteiger partial charge in [-0.05, 0) is 12.8 Å². The van der Waals surface area contributed by atoms with Crippen molar-refractivity contribution in [3.8, 4) is 0 Å². The van der Waals surface area contributed by atoms with Gasteiger partial charge in [-0.15, -0.1) is 0 Å². The number of primary amides is 1. The average molecular weight is 297 g/mol. The van der Waals surface area contributed by atoms with E-state index in [0.29, 0.717) is 4.88 Å². The first-order valence-corrected chi connectivity index (χ1v) is 7.47. The number of carbonyl (C=O) groups is 2. The summed E-state index contributed by atoms with van der Waals surface area (Å²) in [5.41, 5.74) is 10.8. The summed E-state index contributed by atoms with van der Waals surface area (Å²) in [5.74, 6) is -0.787. The van der Waals surface area contributed by atoms with Crippen LogP contribution < -0.4 is 21.7 Å². The third-order valence-corrected chi connectivity index (χ3v) is 4.28. The van der Waals surface area contributed by atoms with Gasteiger partial charge in [-0.2, -0.15) is 0 Å². The number of carbonyl (C=O) groups excluding carboxylic acids is 2. The fraction of sp³-hybridized carbons (Fsp3) is 0.583. The first-order chi connectivity index (χ1) is 9.58. The minimum atomic E-state index is -0.589. The van der Waals surface area contributed by atoms with E-state index in [1.807, 2.05) is 0 Å². The van der Waals surface area contributed by atoms with Crippen LogP contribution in [0.1, 0.15) is 35.4 Å². The molecular formula is C12H19N5O2S. The number of rotatable bonds is 4. The van der Waals surface area contributed by atoms with Gasteiger partial charge in [-0.25, -0.2) is 4.98 Å². The molecule has 0 saturated carbocycles. The average Bonchev–Trinajstić information content (AvgIpc) is 2.65. The van der Waals surface area contributed by atoms with E-state index in [0.717, 1.165) is 31.1 Å². The predicted molar refractivity (Wildman–Crippen MR) is 78.7 cm³/mol. The van der Waals surface area contributed by atoms with Gasteiger partial charge in [0.1, 0.15) is 10.7 Å². The highest BCUT2D eigenvalue weighted by atomic mass is 32.1. The third-order valence-electron chi connectivity index (χ3n) is 3.15. The number of nitrogens with zero attached hydrogens (tertiary/aromatic N) is 2. The second-order valence-corrected chi connectivity index (χ2v) is 5.74. The quantitative estimate of drug-likeness (QED) is 0.740. The second kappa shape index (κ2) is 6.56. The summed E-state index contributed by atoms with van der Waals surface area (Å²) in [6.07, 6.45) is 4.71. The Labute approximate surface area is 121 Å². The number of aromatic nitrogens is 1. The molecule has 0 unspecified atom stereocenters. The lowest BCUT2D eigenvalue weighted by Crippen LogP contribution is -2.33. The molecule has 1 saturated heterocycles. The van der Waals surface area contributed by atoms with Gasteiger partial charge in [0.25, 0.3) is 5.91 Å². The molecule has 0 bridgehead atoms. The largest absolute Gasteiger partial charge is 0.382 e. The number of nitrogens with one attached hydrogen (secondary N) is 1. The van der Waals surface area contributed by atoms with Crippen molar-refractivity contribution in [2.45, 2.75) is 25.7 Å². The molecule has 5 N–H and O–H groups in total. The Hall–Kier alpha value is -1.83. The van der Waals surface area contributed by atoms with Gasteiger partial charge in [0, 0.05) is 13.1 Å². The molecule has 0 spiro atoms. The monoisotopic (exact) mass is 297 g/mol. The van der Waals surface area contributed by atoms with Gasteiger partial charge in [-0.1, -0.05) is 24.2 Å². The van der Waals surface area contributed by atoms with Crippen molar-refractivity contribution in [1.82, 2.24) is 10.3 Å². The van der Waals surface area contributed by atoms with Gasteiger partial charge >= 0.3 is 0 Å². The van der Waals surface area contributed by atoms with Crippen molar-refractivity contribution >= 4 is 34.1 Å². The zero-order valence-corrected chi connectivity index (χ0v) is 12.0. The lowest BCUT2D eigenvalue weighted by molar-refractivity contribution is -0.117. The minimum Gasteiger partial charge on any atom is -0.382 e. The van der Waals surface area contributed by atoms with Crippen molar-refractivity contribution in [1.29, 1.82) is 0 Å². The van der Waals surface area contributed by atoms with E-state index in [1.54, 1.807) is 0 Å². The number of nitrogen functional groups attached to an aromatic ring is 1. The van der Waals surface area contributed by atoms with Crippen LogP contribution in [0.2, 0.25) is 0 Å². The van der Waals surface area contributed by atoms with Crippen molar-refractivity contribution in [2.24, 2.45) is 5.73 Å². The van der Waals surface area contributed by atoms with Crippen molar-refractivity contribution in [2.75, 3.05) is 30.3 Å². The van der Waals surface area contributed by atoms with Crippen LogP contribution in [-0.4, -0.2) is 36.4 Å². The Bertz CT molecular complexity index is 494. The van der Waals surface area contributed by atoms with E-state index in [9.17, 15) is 9.59 Å². The van der Waals surface area contributed by atoms with Crippen LogP contribution in [0.15, 0.2) is 0 Å². The number of hydrogen-bond acceptors (Lipinski definition) is 6. The Morgan fingerprint density at radius 3 is 2.50 bits per heavy atom. The summed E-state index contributed by atoms with van der Waals surface area (Å²) in [6, 6.07) is 0. The summed E-state index contributed by atoms with van der Waals surface area (Å²) in [6.45, 7) is 1.68. The molecule has 2 rings (SSSR count). The summed E-state index contributed by atoms with van der Waals surface area (Å²) in [7, 11) is 0. The maximum atomic E-state index is 11.9. The predicted octanol–water partition coefficient (Wildman–Crippen LogP) is 0.321. The third kappa shape index (κ3) is 3.60. The molecule has 1 fully saturated rings. The van der Waals surface area contributed by atoms with Crippen LogP contribution in [0.5, 0.6) is 0 Å². The van der Waals surface area contributed by atoms with Gasteiger partial charge in [-0.3, -0.25) is 9.59 Å². The molecule has 1 aromatic rings. The molecule has 2 amide bonds. The number of anilines is 2. The molecule has 0 radical (unpaired) electrons. The summed E-state index contributed by atoms with van der Waals surface area (Å²) >= 11 is 1.26. The summed E-state index contributed by atoms with van der Waals surface area (Å²) < 4.78 is 0. The van der Waals surface area contributed by atoms with Crippen LogP contribution in [0.25, 0.3) is 0 Å². The van der Waals surface area contributed by atoms with Crippen LogP contribution in [-0.2, 0) is 4.79 Å². The van der Waals surface area contributed by atoms with Crippen LogP contribution in [0.3, 0.4) is 0 Å². The molecule has 8 heteroatoms. The molecular weight excluding hydrogens is 278 g/mol. The summed E-state index contributed by atoms with van der Waals surface area (Å²) in [4.78, 5) is 29.3. The Morgan fingerprint density at radius 1 is 1.25 bits per heavy atom. The van der Waals surface area contributed by atoms with Gasteiger partial charge in [0.15, 0.2) is 5.13 Å².